The Kier molecular flexibility index (Phi) is 5.52. The smallest absolute Gasteiger partial charge is 0.274 e. The maximum Gasteiger partial charge on any atom is 0.274 e. The summed E-state index contributed by atoms with van der Waals surface area (Å²) in [6.45, 7) is 4.17. The lowest BCUT2D eigenvalue weighted by atomic mass is 10.0. The van der Waals surface area contributed by atoms with Gasteiger partial charge in [-0.2, -0.15) is 4.68 Å². The first-order valence-electron chi connectivity index (χ1n) is 9.63. The molecular weight excluding hydrogens is 378 g/mol. The van der Waals surface area contributed by atoms with Gasteiger partial charge in [-0.3, -0.25) is 4.79 Å². The van der Waals surface area contributed by atoms with Crippen LogP contribution >= 0.6 is 0 Å². The van der Waals surface area contributed by atoms with E-state index in [1.54, 1.807) is 24.5 Å². The van der Waals surface area contributed by atoms with E-state index >= 15 is 0 Å². The van der Waals surface area contributed by atoms with Crippen molar-refractivity contribution < 1.29 is 9.21 Å². The van der Waals surface area contributed by atoms with Crippen LogP contribution in [0.15, 0.2) is 77.4 Å². The van der Waals surface area contributed by atoms with E-state index < -0.39 is 0 Å². The van der Waals surface area contributed by atoms with Gasteiger partial charge >= 0.3 is 0 Å². The lowest BCUT2D eigenvalue weighted by Crippen LogP contribution is -2.20. The van der Waals surface area contributed by atoms with E-state index in [1.807, 2.05) is 54.6 Å². The monoisotopic (exact) mass is 399 g/mol. The molecule has 0 aliphatic rings. The summed E-state index contributed by atoms with van der Waals surface area (Å²) in [6, 6.07) is 20.7. The number of aromatic nitrogens is 4. The lowest BCUT2D eigenvalue weighted by molar-refractivity contribution is -0.111. The Labute approximate surface area is 174 Å². The van der Waals surface area contributed by atoms with Crippen molar-refractivity contribution in [3.8, 4) is 11.4 Å². The molecule has 4 rings (SSSR count). The van der Waals surface area contributed by atoms with E-state index in [9.17, 15) is 4.79 Å². The maximum absolute atomic E-state index is 13.4. The van der Waals surface area contributed by atoms with Crippen LogP contribution in [0.4, 0.5) is 5.69 Å². The van der Waals surface area contributed by atoms with Crippen LogP contribution < -0.4 is 5.32 Å². The fourth-order valence-corrected chi connectivity index (χ4v) is 3.15. The second-order valence-corrected chi connectivity index (χ2v) is 7.02. The zero-order valence-corrected chi connectivity index (χ0v) is 16.7. The number of anilines is 1. The molecule has 0 saturated carbocycles. The molecule has 1 N–H and O–H groups in total. The quantitative estimate of drug-likeness (QED) is 0.475. The summed E-state index contributed by atoms with van der Waals surface area (Å²) in [4.78, 5) is 13.4. The van der Waals surface area contributed by atoms with E-state index in [0.717, 1.165) is 16.8 Å². The molecule has 0 aliphatic heterocycles. The first kappa shape index (κ1) is 19.3. The van der Waals surface area contributed by atoms with Crippen molar-refractivity contribution in [2.24, 2.45) is 0 Å². The fraction of sp³-hybridized carbons (Fsp3) is 0.130. The summed E-state index contributed by atoms with van der Waals surface area (Å²) in [5, 5.41) is 15.0. The molecule has 7 heteroatoms. The molecule has 0 atom stereocenters. The molecule has 2 aromatic carbocycles. The zero-order chi connectivity index (χ0) is 20.9. The highest BCUT2D eigenvalue weighted by molar-refractivity contribution is 6.24. The van der Waals surface area contributed by atoms with Gasteiger partial charge in [0.25, 0.3) is 5.91 Å². The molecule has 1 amide bonds. The first-order chi connectivity index (χ1) is 14.6. The Bertz CT molecular complexity index is 1160. The van der Waals surface area contributed by atoms with E-state index in [-0.39, 0.29) is 17.5 Å². The Morgan fingerprint density at radius 1 is 1.03 bits per heavy atom. The Morgan fingerprint density at radius 2 is 1.80 bits per heavy atom. The average molecular weight is 399 g/mol. The van der Waals surface area contributed by atoms with Crippen LogP contribution in [-0.4, -0.2) is 26.1 Å². The Morgan fingerprint density at radius 3 is 2.53 bits per heavy atom. The number of furan rings is 1. The molecule has 0 aliphatic carbocycles. The van der Waals surface area contributed by atoms with Crippen molar-refractivity contribution in [3.63, 3.8) is 0 Å². The van der Waals surface area contributed by atoms with Gasteiger partial charge in [-0.05, 0) is 40.1 Å². The largest absolute Gasteiger partial charge is 0.465 e. The number of rotatable bonds is 6. The fourth-order valence-electron chi connectivity index (χ4n) is 3.15. The summed E-state index contributed by atoms with van der Waals surface area (Å²) < 4.78 is 6.85. The van der Waals surface area contributed by atoms with Crippen molar-refractivity contribution in [3.05, 3.63) is 84.3 Å². The molecule has 0 spiro atoms. The minimum absolute atomic E-state index is 0.243. The summed E-state index contributed by atoms with van der Waals surface area (Å²) in [7, 11) is 0. The number of nitrogens with one attached hydrogen (secondary N) is 1. The third kappa shape index (κ3) is 4.05. The van der Waals surface area contributed by atoms with Crippen molar-refractivity contribution in [2.75, 3.05) is 5.32 Å². The number of amides is 1. The van der Waals surface area contributed by atoms with E-state index in [1.165, 1.54) is 4.68 Å². The number of carbonyl (C=O) groups is 1. The third-order valence-electron chi connectivity index (χ3n) is 4.62. The molecule has 2 aromatic heterocycles. The van der Waals surface area contributed by atoms with Crippen LogP contribution in [0.1, 0.15) is 31.1 Å². The molecule has 0 radical (unpaired) electrons. The molecule has 0 saturated heterocycles. The standard InChI is InChI=1S/C23H21N5O2/c1-16(2)19-12-6-7-13-20(19)24-23(29)21(15-18-11-8-14-30-18)28-22(25-26-27-28)17-9-4-3-5-10-17/h3-16H,1-2H3,(H,24,29)/b21-15-. The lowest BCUT2D eigenvalue weighted by Gasteiger charge is -2.15. The minimum Gasteiger partial charge on any atom is -0.465 e. The minimum atomic E-state index is -0.344. The molecular formula is C23H21N5O2. The van der Waals surface area contributed by atoms with E-state index in [2.05, 4.69) is 34.7 Å². The molecule has 150 valence electrons. The van der Waals surface area contributed by atoms with Gasteiger partial charge in [0.05, 0.1) is 6.26 Å². The molecule has 4 aromatic rings. The number of carbonyl (C=O) groups excluding carboxylic acids is 1. The molecule has 2 heterocycles. The van der Waals surface area contributed by atoms with E-state index in [4.69, 9.17) is 4.42 Å². The maximum atomic E-state index is 13.4. The third-order valence-corrected chi connectivity index (χ3v) is 4.62. The van der Waals surface area contributed by atoms with Crippen LogP contribution in [0.5, 0.6) is 0 Å². The van der Waals surface area contributed by atoms with Crippen LogP contribution in [0.25, 0.3) is 23.2 Å². The van der Waals surface area contributed by atoms with Gasteiger partial charge in [0, 0.05) is 17.3 Å². The van der Waals surface area contributed by atoms with Crippen molar-refractivity contribution >= 4 is 23.4 Å². The highest BCUT2D eigenvalue weighted by atomic mass is 16.3. The van der Waals surface area contributed by atoms with Gasteiger partial charge in [-0.25, -0.2) is 0 Å². The van der Waals surface area contributed by atoms with Gasteiger partial charge in [-0.1, -0.05) is 62.4 Å². The number of benzene rings is 2. The highest BCUT2D eigenvalue weighted by Gasteiger charge is 2.21. The van der Waals surface area contributed by atoms with Crippen LogP contribution in [0.2, 0.25) is 0 Å². The van der Waals surface area contributed by atoms with Crippen molar-refractivity contribution in [1.29, 1.82) is 0 Å². The van der Waals surface area contributed by atoms with Gasteiger partial charge in [-0.15, -0.1) is 5.10 Å². The number of hydrogen-bond acceptors (Lipinski definition) is 5. The molecule has 30 heavy (non-hydrogen) atoms. The zero-order valence-electron chi connectivity index (χ0n) is 16.7. The van der Waals surface area contributed by atoms with Gasteiger partial charge in [0.15, 0.2) is 5.82 Å². The predicted octanol–water partition coefficient (Wildman–Crippen LogP) is 4.69. The van der Waals surface area contributed by atoms with E-state index in [0.29, 0.717) is 11.6 Å². The first-order valence-corrected chi connectivity index (χ1v) is 9.63. The van der Waals surface area contributed by atoms with Crippen LogP contribution in [0.3, 0.4) is 0 Å². The molecule has 0 fully saturated rings. The predicted molar refractivity (Wildman–Crippen MR) is 115 cm³/mol. The summed E-state index contributed by atoms with van der Waals surface area (Å²) in [5.74, 6) is 0.892. The van der Waals surface area contributed by atoms with Crippen LogP contribution in [-0.2, 0) is 4.79 Å². The van der Waals surface area contributed by atoms with Crippen molar-refractivity contribution in [2.45, 2.75) is 19.8 Å². The van der Waals surface area contributed by atoms with Crippen LogP contribution in [0, 0.1) is 0 Å². The van der Waals surface area contributed by atoms with Crippen molar-refractivity contribution in [1.82, 2.24) is 20.2 Å². The number of hydrogen-bond donors (Lipinski definition) is 1. The average Bonchev–Trinajstić information content (AvgIpc) is 3.45. The number of tetrazole rings is 1. The molecule has 0 unspecified atom stereocenters. The summed E-state index contributed by atoms with van der Waals surface area (Å²) >= 11 is 0. The molecule has 7 nitrogen and oxygen atoms in total. The number of para-hydroxylation sites is 1. The highest BCUT2D eigenvalue weighted by Crippen LogP contribution is 2.26. The Balaban J connectivity index is 1.76. The number of nitrogens with zero attached hydrogens (tertiary/aromatic N) is 4. The van der Waals surface area contributed by atoms with Gasteiger partial charge in [0.2, 0.25) is 0 Å². The normalized spacial score (nSPS) is 11.6. The van der Waals surface area contributed by atoms with Gasteiger partial charge < -0.3 is 9.73 Å². The second kappa shape index (κ2) is 8.57. The SMILES string of the molecule is CC(C)c1ccccc1NC(=O)/C(=C/c1ccco1)n1nnnc1-c1ccccc1. The summed E-state index contributed by atoms with van der Waals surface area (Å²) in [5.41, 5.74) is 2.83. The topological polar surface area (TPSA) is 85.8 Å². The van der Waals surface area contributed by atoms with Gasteiger partial charge in [0.1, 0.15) is 11.5 Å². The molecule has 0 bridgehead atoms. The second-order valence-electron chi connectivity index (χ2n) is 7.02. The Hall–Kier alpha value is -4.00. The summed E-state index contributed by atoms with van der Waals surface area (Å²) in [6.07, 6.45) is 3.17.